The molecule has 0 radical (unpaired) electrons. The number of benzene rings is 1. The first-order chi connectivity index (χ1) is 16.7. The van der Waals surface area contributed by atoms with Crippen LogP contribution in [0.2, 0.25) is 0 Å². The highest BCUT2D eigenvalue weighted by atomic mass is 16.1. The molecule has 0 spiro atoms. The molecule has 1 aliphatic carbocycles. The van der Waals surface area contributed by atoms with E-state index in [1.807, 2.05) is 33.5 Å². The number of imidazole rings is 1. The zero-order valence-electron chi connectivity index (χ0n) is 19.8. The largest absolute Gasteiger partial charge is 0.328 e. The summed E-state index contributed by atoms with van der Waals surface area (Å²) in [6.07, 6.45) is 12.4. The summed E-state index contributed by atoms with van der Waals surface area (Å²) in [7, 11) is 0. The molecule has 5 rings (SSSR count). The Kier molecular flexibility index (Phi) is 6.38. The van der Waals surface area contributed by atoms with Gasteiger partial charge in [-0.1, -0.05) is 51.0 Å². The van der Waals surface area contributed by atoms with Gasteiger partial charge in [0.1, 0.15) is 0 Å². The van der Waals surface area contributed by atoms with Gasteiger partial charge in [0.15, 0.2) is 0 Å². The molecule has 1 aliphatic rings. The van der Waals surface area contributed by atoms with Crippen molar-refractivity contribution in [1.29, 1.82) is 0 Å². The first kappa shape index (κ1) is 22.3. The van der Waals surface area contributed by atoms with Crippen molar-refractivity contribution in [2.75, 3.05) is 0 Å². The monoisotopic (exact) mass is 457 g/mol. The van der Waals surface area contributed by atoms with Crippen molar-refractivity contribution in [1.82, 2.24) is 34.7 Å². The molecule has 8 nitrogen and oxygen atoms in total. The van der Waals surface area contributed by atoms with Gasteiger partial charge in [0.2, 0.25) is 5.82 Å². The minimum atomic E-state index is 0.108. The minimum Gasteiger partial charge on any atom is -0.296 e. The Balaban J connectivity index is 1.46. The fourth-order valence-corrected chi connectivity index (χ4v) is 4.85. The Bertz CT molecular complexity index is 1290. The Morgan fingerprint density at radius 3 is 2.65 bits per heavy atom. The fraction of sp³-hybridized carbons (Fsp3) is 0.423. The third-order valence-corrected chi connectivity index (χ3v) is 6.81. The topological polar surface area (TPSA) is 94.3 Å². The van der Waals surface area contributed by atoms with Crippen molar-refractivity contribution in [2.24, 2.45) is 5.92 Å². The number of aromatic nitrogens is 7. The first-order valence-corrected chi connectivity index (χ1v) is 12.3. The van der Waals surface area contributed by atoms with Gasteiger partial charge in [-0.15, -0.1) is 10.2 Å². The molecule has 2 atom stereocenters. The number of aromatic amines is 1. The Hall–Kier alpha value is -3.55. The molecule has 34 heavy (non-hydrogen) atoms. The smallest absolute Gasteiger partial charge is 0.296 e. The number of nitrogens with one attached hydrogen (secondary N) is 1. The molecule has 1 fully saturated rings. The fourth-order valence-electron chi connectivity index (χ4n) is 4.85. The molecule has 1 N–H and O–H groups in total. The summed E-state index contributed by atoms with van der Waals surface area (Å²) in [5.74, 6) is 1.21. The van der Waals surface area contributed by atoms with Crippen molar-refractivity contribution in [3.05, 3.63) is 70.7 Å². The van der Waals surface area contributed by atoms with Gasteiger partial charge in [0.25, 0.3) is 0 Å². The van der Waals surface area contributed by atoms with E-state index in [0.717, 1.165) is 53.6 Å². The Labute approximate surface area is 199 Å². The predicted octanol–water partition coefficient (Wildman–Crippen LogP) is 4.64. The maximum absolute atomic E-state index is 13.5. The SMILES string of the molecule is CCCCc1cn(C2CC2CCC)c(=O)n1Cc1cnccc1-c1ccc(-c2nn[nH]n2)cc1. The van der Waals surface area contributed by atoms with Gasteiger partial charge in [-0.05, 0) is 59.6 Å². The second-order valence-electron chi connectivity index (χ2n) is 9.20. The summed E-state index contributed by atoms with van der Waals surface area (Å²) >= 11 is 0. The van der Waals surface area contributed by atoms with E-state index in [1.54, 1.807) is 6.20 Å². The van der Waals surface area contributed by atoms with Crippen LogP contribution in [0.1, 0.15) is 63.3 Å². The lowest BCUT2D eigenvalue weighted by Gasteiger charge is -2.12. The third kappa shape index (κ3) is 4.44. The van der Waals surface area contributed by atoms with E-state index < -0.39 is 0 Å². The molecule has 0 aliphatic heterocycles. The van der Waals surface area contributed by atoms with Crippen LogP contribution in [0, 0.1) is 5.92 Å². The average Bonchev–Trinajstić information content (AvgIpc) is 3.27. The van der Waals surface area contributed by atoms with Crippen LogP contribution in [0.3, 0.4) is 0 Å². The van der Waals surface area contributed by atoms with E-state index in [2.05, 4.69) is 57.8 Å². The second-order valence-corrected chi connectivity index (χ2v) is 9.20. The van der Waals surface area contributed by atoms with Gasteiger partial charge in [-0.3, -0.25) is 14.1 Å². The summed E-state index contributed by atoms with van der Waals surface area (Å²) < 4.78 is 3.96. The lowest BCUT2D eigenvalue weighted by molar-refractivity contribution is 0.579. The molecule has 2 unspecified atom stereocenters. The molecule has 3 aromatic heterocycles. The first-order valence-electron chi connectivity index (χ1n) is 12.3. The number of tetrazole rings is 1. The molecule has 0 saturated heterocycles. The average molecular weight is 458 g/mol. The molecular formula is C26H31N7O. The van der Waals surface area contributed by atoms with Gasteiger partial charge in [-0.25, -0.2) is 4.79 Å². The summed E-state index contributed by atoms with van der Waals surface area (Å²) in [6, 6.07) is 10.5. The van der Waals surface area contributed by atoms with Crippen LogP contribution in [-0.4, -0.2) is 34.7 Å². The lowest BCUT2D eigenvalue weighted by atomic mass is 10.00. The van der Waals surface area contributed by atoms with Crippen LogP contribution in [-0.2, 0) is 13.0 Å². The number of aryl methyl sites for hydroxylation is 1. The van der Waals surface area contributed by atoms with Crippen molar-refractivity contribution >= 4 is 0 Å². The van der Waals surface area contributed by atoms with Crippen molar-refractivity contribution in [3.8, 4) is 22.5 Å². The lowest BCUT2D eigenvalue weighted by Crippen LogP contribution is -2.25. The molecule has 0 bridgehead atoms. The third-order valence-electron chi connectivity index (χ3n) is 6.81. The number of H-pyrrole nitrogens is 1. The highest BCUT2D eigenvalue weighted by Crippen LogP contribution is 2.45. The maximum Gasteiger partial charge on any atom is 0.328 e. The van der Waals surface area contributed by atoms with Crippen LogP contribution in [0.5, 0.6) is 0 Å². The molecule has 0 amide bonds. The van der Waals surface area contributed by atoms with Gasteiger partial charge < -0.3 is 0 Å². The van der Waals surface area contributed by atoms with E-state index in [-0.39, 0.29) is 5.69 Å². The van der Waals surface area contributed by atoms with Crippen LogP contribution in [0.25, 0.3) is 22.5 Å². The van der Waals surface area contributed by atoms with Gasteiger partial charge in [-0.2, -0.15) is 5.21 Å². The quantitative estimate of drug-likeness (QED) is 0.374. The molecule has 4 aromatic rings. The minimum absolute atomic E-state index is 0.108. The number of nitrogens with zero attached hydrogens (tertiary/aromatic N) is 6. The Morgan fingerprint density at radius 1 is 1.09 bits per heavy atom. The molecular weight excluding hydrogens is 426 g/mol. The van der Waals surface area contributed by atoms with E-state index in [1.165, 1.54) is 12.8 Å². The number of unbranched alkanes of at least 4 members (excludes halogenated alkanes) is 1. The van der Waals surface area contributed by atoms with Gasteiger partial charge in [0.05, 0.1) is 6.54 Å². The predicted molar refractivity (Wildman–Crippen MR) is 131 cm³/mol. The van der Waals surface area contributed by atoms with Crippen molar-refractivity contribution < 1.29 is 0 Å². The standard InChI is InChI=1S/C26H31N7O/c1-3-5-7-22-17-33(24-14-20(24)6-4-2)26(34)32(22)16-21-15-27-13-12-23(21)18-8-10-19(11-9-18)25-28-30-31-29-25/h8-13,15,17,20,24H,3-7,14,16H2,1-2H3,(H,28,29,30,31). The van der Waals surface area contributed by atoms with Crippen LogP contribution in [0.4, 0.5) is 0 Å². The molecule has 176 valence electrons. The number of pyridine rings is 1. The van der Waals surface area contributed by atoms with Crippen LogP contribution < -0.4 is 5.69 Å². The van der Waals surface area contributed by atoms with Crippen LogP contribution in [0.15, 0.2) is 53.7 Å². The summed E-state index contributed by atoms with van der Waals surface area (Å²) in [5.41, 5.74) is 5.30. The second kappa shape index (κ2) is 9.75. The highest BCUT2D eigenvalue weighted by Gasteiger charge is 2.39. The van der Waals surface area contributed by atoms with Gasteiger partial charge >= 0.3 is 5.69 Å². The summed E-state index contributed by atoms with van der Waals surface area (Å²) in [4.78, 5) is 17.9. The van der Waals surface area contributed by atoms with E-state index in [0.29, 0.717) is 24.3 Å². The van der Waals surface area contributed by atoms with Crippen molar-refractivity contribution in [2.45, 2.75) is 65.0 Å². The van der Waals surface area contributed by atoms with E-state index in [4.69, 9.17) is 0 Å². The Morgan fingerprint density at radius 2 is 1.91 bits per heavy atom. The maximum atomic E-state index is 13.5. The van der Waals surface area contributed by atoms with Crippen LogP contribution >= 0.6 is 0 Å². The van der Waals surface area contributed by atoms with E-state index in [9.17, 15) is 4.79 Å². The molecule has 1 saturated carbocycles. The molecule has 1 aromatic carbocycles. The molecule has 8 heteroatoms. The summed E-state index contributed by atoms with van der Waals surface area (Å²) in [6.45, 7) is 4.93. The molecule has 3 heterocycles. The summed E-state index contributed by atoms with van der Waals surface area (Å²) in [5, 5.41) is 14.2. The van der Waals surface area contributed by atoms with Gasteiger partial charge in [0, 0.05) is 35.9 Å². The highest BCUT2D eigenvalue weighted by molar-refractivity contribution is 5.69. The number of hydrogen-bond donors (Lipinski definition) is 1. The normalized spacial score (nSPS) is 17.2. The zero-order valence-corrected chi connectivity index (χ0v) is 19.8. The van der Waals surface area contributed by atoms with E-state index >= 15 is 0 Å². The van der Waals surface area contributed by atoms with Crippen molar-refractivity contribution in [3.63, 3.8) is 0 Å². The zero-order chi connectivity index (χ0) is 23.5. The number of rotatable bonds is 10. The number of hydrogen-bond acceptors (Lipinski definition) is 5.